The molecular formula is C31H22F2N4O4. The van der Waals surface area contributed by atoms with Gasteiger partial charge >= 0.3 is 0 Å². The Bertz CT molecular complexity index is 1810. The summed E-state index contributed by atoms with van der Waals surface area (Å²) < 4.78 is 45.3. The number of Topliss-reactive ketones (excluding diaryl/α,β-unsaturated/α-hetero) is 1. The first-order valence-corrected chi connectivity index (χ1v) is 12.5. The molecule has 204 valence electrons. The van der Waals surface area contributed by atoms with E-state index in [0.29, 0.717) is 45.0 Å². The number of nitrogens with zero attached hydrogens (tertiary/aromatic N) is 3. The SMILES string of the molecule is COc1cc2nccc(Oc3ccc(N=C4N=CC=C5NC=C(c6ccc(F)cc6)C(=O)C54)cc3F)c2cc1OC. The second-order valence-corrected chi connectivity index (χ2v) is 9.13. The molecule has 0 saturated heterocycles. The standard InChI is InChI=1S/C31H22F2N4O4/c1-39-27-14-20-24(15-28(27)40-2)34-12-10-25(20)41-26-8-7-19(13-22(26)33)37-31-29-23(9-11-35-31)36-16-21(30(29)38)17-3-5-18(32)6-4-17/h3-16,29,36H,1-2H3. The van der Waals surface area contributed by atoms with Crippen LogP contribution in [0.2, 0.25) is 0 Å². The summed E-state index contributed by atoms with van der Waals surface area (Å²) in [6, 6.07) is 14.9. The van der Waals surface area contributed by atoms with E-state index in [1.54, 1.807) is 42.7 Å². The molecule has 3 heterocycles. The van der Waals surface area contributed by atoms with E-state index < -0.39 is 17.6 Å². The number of amidine groups is 1. The van der Waals surface area contributed by atoms with E-state index in [1.165, 1.54) is 56.8 Å². The Kier molecular flexibility index (Phi) is 6.72. The Morgan fingerprint density at radius 1 is 0.902 bits per heavy atom. The van der Waals surface area contributed by atoms with E-state index in [0.717, 1.165) is 0 Å². The average Bonchev–Trinajstić information content (AvgIpc) is 2.99. The minimum atomic E-state index is -0.820. The highest BCUT2D eigenvalue weighted by atomic mass is 19.1. The second kappa shape index (κ2) is 10.6. The molecule has 10 heteroatoms. The number of ether oxygens (including phenoxy) is 3. The summed E-state index contributed by atoms with van der Waals surface area (Å²) in [7, 11) is 3.05. The number of hydrogen-bond donors (Lipinski definition) is 1. The number of carbonyl (C=O) groups is 1. The molecule has 0 aliphatic carbocycles. The predicted octanol–water partition coefficient (Wildman–Crippen LogP) is 6.15. The zero-order chi connectivity index (χ0) is 28.5. The summed E-state index contributed by atoms with van der Waals surface area (Å²) in [6.45, 7) is 0. The Labute approximate surface area is 233 Å². The Morgan fingerprint density at radius 3 is 2.44 bits per heavy atom. The van der Waals surface area contributed by atoms with Gasteiger partial charge in [-0.3, -0.25) is 9.78 Å². The lowest BCUT2D eigenvalue weighted by atomic mass is 9.86. The molecule has 8 nitrogen and oxygen atoms in total. The molecule has 0 fully saturated rings. The Morgan fingerprint density at radius 2 is 1.68 bits per heavy atom. The van der Waals surface area contributed by atoms with Crippen molar-refractivity contribution >= 4 is 40.0 Å². The second-order valence-electron chi connectivity index (χ2n) is 9.13. The molecule has 0 bridgehead atoms. The third kappa shape index (κ3) is 4.91. The fraction of sp³-hybridized carbons (Fsp3) is 0.0968. The van der Waals surface area contributed by atoms with Gasteiger partial charge in [-0.15, -0.1) is 0 Å². The number of pyridine rings is 1. The molecule has 2 aliphatic heterocycles. The molecule has 0 saturated carbocycles. The van der Waals surface area contributed by atoms with Crippen LogP contribution in [0.25, 0.3) is 16.5 Å². The number of allylic oxidation sites excluding steroid dienone is 2. The van der Waals surface area contributed by atoms with Crippen LogP contribution in [0.1, 0.15) is 5.56 Å². The topological polar surface area (TPSA) is 94.4 Å². The molecular weight excluding hydrogens is 530 g/mol. The van der Waals surface area contributed by atoms with Crippen molar-refractivity contribution in [3.8, 4) is 23.0 Å². The summed E-state index contributed by atoms with van der Waals surface area (Å²) in [6.07, 6.45) is 6.33. The number of benzene rings is 3. The maximum absolute atomic E-state index is 15.3. The number of methoxy groups -OCH3 is 2. The summed E-state index contributed by atoms with van der Waals surface area (Å²) in [5.41, 5.74) is 2.35. The zero-order valence-electron chi connectivity index (χ0n) is 21.9. The number of dihydropyridines is 1. The van der Waals surface area contributed by atoms with Crippen LogP contribution in [-0.4, -0.2) is 37.0 Å². The molecule has 41 heavy (non-hydrogen) atoms. The number of halogens is 2. The zero-order valence-corrected chi connectivity index (χ0v) is 21.9. The minimum Gasteiger partial charge on any atom is -0.493 e. The molecule has 1 unspecified atom stereocenters. The van der Waals surface area contributed by atoms with Crippen LogP contribution < -0.4 is 19.5 Å². The van der Waals surface area contributed by atoms with Gasteiger partial charge in [-0.25, -0.2) is 18.8 Å². The maximum Gasteiger partial charge on any atom is 0.181 e. The van der Waals surface area contributed by atoms with Crippen LogP contribution in [0.3, 0.4) is 0 Å². The number of ketones is 1. The Hall–Kier alpha value is -5.38. The highest BCUT2D eigenvalue weighted by molar-refractivity contribution is 6.31. The van der Waals surface area contributed by atoms with E-state index in [-0.39, 0.29) is 23.1 Å². The van der Waals surface area contributed by atoms with Gasteiger partial charge in [-0.1, -0.05) is 12.1 Å². The van der Waals surface area contributed by atoms with Gasteiger partial charge in [0.1, 0.15) is 23.3 Å². The highest BCUT2D eigenvalue weighted by Crippen LogP contribution is 2.38. The maximum atomic E-state index is 15.3. The van der Waals surface area contributed by atoms with Crippen molar-refractivity contribution in [2.75, 3.05) is 14.2 Å². The molecule has 4 aromatic rings. The van der Waals surface area contributed by atoms with Crippen LogP contribution in [0.4, 0.5) is 14.5 Å². The van der Waals surface area contributed by atoms with E-state index in [4.69, 9.17) is 14.2 Å². The monoisotopic (exact) mass is 552 g/mol. The first kappa shape index (κ1) is 25.9. The summed E-state index contributed by atoms with van der Waals surface area (Å²) in [5, 5.41) is 3.71. The minimum absolute atomic E-state index is 0.0269. The normalized spacial score (nSPS) is 17.0. The van der Waals surface area contributed by atoms with Gasteiger partial charge in [0.05, 0.1) is 25.4 Å². The van der Waals surface area contributed by atoms with E-state index >= 15 is 4.39 Å². The van der Waals surface area contributed by atoms with Crippen molar-refractivity contribution in [2.45, 2.75) is 0 Å². The van der Waals surface area contributed by atoms with Crippen molar-refractivity contribution in [2.24, 2.45) is 15.9 Å². The van der Waals surface area contributed by atoms with Crippen LogP contribution in [0.5, 0.6) is 23.0 Å². The lowest BCUT2D eigenvalue weighted by molar-refractivity contribution is -0.115. The molecule has 2 aliphatic rings. The van der Waals surface area contributed by atoms with Crippen LogP contribution >= 0.6 is 0 Å². The van der Waals surface area contributed by atoms with Crippen molar-refractivity contribution in [1.82, 2.24) is 10.3 Å². The van der Waals surface area contributed by atoms with Gasteiger partial charge in [0.15, 0.2) is 28.8 Å². The third-order valence-corrected chi connectivity index (χ3v) is 6.68. The number of aliphatic imine (C=N–C) groups is 2. The van der Waals surface area contributed by atoms with Crippen molar-refractivity contribution in [3.05, 3.63) is 102 Å². The number of carbonyl (C=O) groups excluding carboxylic acids is 1. The average molecular weight is 553 g/mol. The van der Waals surface area contributed by atoms with Gasteiger partial charge < -0.3 is 19.5 Å². The molecule has 0 amide bonds. The van der Waals surface area contributed by atoms with E-state index in [9.17, 15) is 9.18 Å². The first-order valence-electron chi connectivity index (χ1n) is 12.5. The molecule has 3 aromatic carbocycles. The van der Waals surface area contributed by atoms with Crippen molar-refractivity contribution in [1.29, 1.82) is 0 Å². The number of hydrogen-bond acceptors (Lipinski definition) is 7. The fourth-order valence-electron chi connectivity index (χ4n) is 4.65. The van der Waals surface area contributed by atoms with Gasteiger partial charge in [-0.05, 0) is 48.0 Å². The largest absolute Gasteiger partial charge is 0.493 e. The van der Waals surface area contributed by atoms with Crippen LogP contribution in [0.15, 0.2) is 94.8 Å². The quantitative estimate of drug-likeness (QED) is 0.308. The molecule has 6 rings (SSSR count). The van der Waals surface area contributed by atoms with Gasteiger partial charge in [0.25, 0.3) is 0 Å². The van der Waals surface area contributed by atoms with Gasteiger partial charge in [0, 0.05) is 47.4 Å². The highest BCUT2D eigenvalue weighted by Gasteiger charge is 2.35. The van der Waals surface area contributed by atoms with E-state index in [1.807, 2.05) is 0 Å². The third-order valence-electron chi connectivity index (χ3n) is 6.68. The number of rotatable bonds is 6. The molecule has 1 N–H and O–H groups in total. The van der Waals surface area contributed by atoms with Crippen molar-refractivity contribution < 1.29 is 27.8 Å². The Balaban J connectivity index is 1.28. The lowest BCUT2D eigenvalue weighted by Crippen LogP contribution is -2.36. The molecule has 0 radical (unpaired) electrons. The summed E-state index contributed by atoms with van der Waals surface area (Å²) >= 11 is 0. The summed E-state index contributed by atoms with van der Waals surface area (Å²) in [5.74, 6) is -0.601. The van der Waals surface area contributed by atoms with E-state index in [2.05, 4.69) is 20.3 Å². The summed E-state index contributed by atoms with van der Waals surface area (Å²) in [4.78, 5) is 26.6. The molecule has 1 aromatic heterocycles. The molecule has 0 spiro atoms. The van der Waals surface area contributed by atoms with Gasteiger partial charge in [0.2, 0.25) is 0 Å². The van der Waals surface area contributed by atoms with Crippen molar-refractivity contribution in [3.63, 3.8) is 0 Å². The van der Waals surface area contributed by atoms with Crippen LogP contribution in [-0.2, 0) is 4.79 Å². The number of nitrogens with one attached hydrogen (secondary N) is 1. The van der Waals surface area contributed by atoms with Crippen LogP contribution in [0, 0.1) is 17.6 Å². The lowest BCUT2D eigenvalue weighted by Gasteiger charge is -2.27. The van der Waals surface area contributed by atoms with Gasteiger partial charge in [-0.2, -0.15) is 0 Å². The smallest absolute Gasteiger partial charge is 0.181 e. The number of fused-ring (bicyclic) bond motifs is 2. The fourth-order valence-corrected chi connectivity index (χ4v) is 4.65. The predicted molar refractivity (Wildman–Crippen MR) is 151 cm³/mol. The molecule has 1 atom stereocenters. The number of aromatic nitrogens is 1. The first-order chi connectivity index (χ1) is 19.9.